The Kier molecular flexibility index (Phi) is 4.22. The van der Waals surface area contributed by atoms with E-state index < -0.39 is 0 Å². The fraction of sp³-hybridized carbons (Fsp3) is 0.923. The number of nitrogens with zero attached hydrogens (tertiary/aromatic N) is 1. The summed E-state index contributed by atoms with van der Waals surface area (Å²) in [5, 5.41) is 3.55. The topological polar surface area (TPSA) is 32.3 Å². The van der Waals surface area contributed by atoms with E-state index in [0.29, 0.717) is 18.0 Å². The second kappa shape index (κ2) is 5.67. The molecular formula is C13H24N2O. The van der Waals surface area contributed by atoms with Gasteiger partial charge >= 0.3 is 0 Å². The molecule has 0 saturated carbocycles. The van der Waals surface area contributed by atoms with Crippen molar-refractivity contribution in [3.05, 3.63) is 0 Å². The van der Waals surface area contributed by atoms with Crippen LogP contribution >= 0.6 is 0 Å². The van der Waals surface area contributed by atoms with Gasteiger partial charge in [-0.1, -0.05) is 13.3 Å². The Balaban J connectivity index is 1.89. The lowest BCUT2D eigenvalue weighted by Crippen LogP contribution is -2.46. The zero-order valence-electron chi connectivity index (χ0n) is 10.4. The van der Waals surface area contributed by atoms with Crippen molar-refractivity contribution in [1.29, 1.82) is 0 Å². The summed E-state index contributed by atoms with van der Waals surface area (Å²) in [4.78, 5) is 14.2. The van der Waals surface area contributed by atoms with Crippen molar-refractivity contribution in [2.45, 2.75) is 64.0 Å². The Morgan fingerprint density at radius 2 is 2.25 bits per heavy atom. The number of carbonyl (C=O) groups is 1. The Morgan fingerprint density at radius 1 is 1.38 bits per heavy atom. The lowest BCUT2D eigenvalue weighted by atomic mass is 10.0. The Labute approximate surface area is 98.6 Å². The van der Waals surface area contributed by atoms with Gasteiger partial charge < -0.3 is 10.2 Å². The number of amides is 1. The predicted molar refractivity (Wildman–Crippen MR) is 65.3 cm³/mol. The molecule has 0 bridgehead atoms. The highest BCUT2D eigenvalue weighted by Gasteiger charge is 2.35. The second-order valence-electron chi connectivity index (χ2n) is 5.10. The Bertz CT molecular complexity index is 236. The summed E-state index contributed by atoms with van der Waals surface area (Å²) in [6.45, 7) is 4.27. The van der Waals surface area contributed by atoms with Gasteiger partial charge in [-0.15, -0.1) is 0 Å². The molecule has 92 valence electrons. The Morgan fingerprint density at radius 3 is 2.94 bits per heavy atom. The number of likely N-dealkylation sites (tertiary alicyclic amines) is 1. The largest absolute Gasteiger partial charge is 0.338 e. The molecule has 2 aliphatic heterocycles. The molecule has 3 nitrogen and oxygen atoms in total. The maximum absolute atomic E-state index is 12.1. The van der Waals surface area contributed by atoms with Crippen molar-refractivity contribution in [1.82, 2.24) is 10.2 Å². The van der Waals surface area contributed by atoms with Gasteiger partial charge in [0.05, 0.1) is 0 Å². The van der Waals surface area contributed by atoms with Gasteiger partial charge in [-0.2, -0.15) is 0 Å². The third-order valence-corrected chi connectivity index (χ3v) is 3.93. The van der Waals surface area contributed by atoms with Crippen LogP contribution < -0.4 is 5.32 Å². The minimum Gasteiger partial charge on any atom is -0.338 e. The van der Waals surface area contributed by atoms with Gasteiger partial charge in [0.25, 0.3) is 0 Å². The van der Waals surface area contributed by atoms with Crippen molar-refractivity contribution >= 4 is 5.91 Å². The van der Waals surface area contributed by atoms with Crippen molar-refractivity contribution in [3.63, 3.8) is 0 Å². The van der Waals surface area contributed by atoms with Gasteiger partial charge in [0.15, 0.2) is 0 Å². The molecule has 16 heavy (non-hydrogen) atoms. The molecule has 2 fully saturated rings. The quantitative estimate of drug-likeness (QED) is 0.791. The summed E-state index contributed by atoms with van der Waals surface area (Å²) in [5.41, 5.74) is 0. The second-order valence-corrected chi connectivity index (χ2v) is 5.10. The number of rotatable bonds is 4. The van der Waals surface area contributed by atoms with E-state index in [4.69, 9.17) is 0 Å². The summed E-state index contributed by atoms with van der Waals surface area (Å²) >= 11 is 0. The van der Waals surface area contributed by atoms with E-state index in [2.05, 4.69) is 17.1 Å². The van der Waals surface area contributed by atoms with Crippen LogP contribution in [-0.4, -0.2) is 36.0 Å². The van der Waals surface area contributed by atoms with E-state index in [1.54, 1.807) is 0 Å². The lowest BCUT2D eigenvalue weighted by molar-refractivity contribution is -0.132. The molecule has 0 aromatic carbocycles. The fourth-order valence-electron chi connectivity index (χ4n) is 3.03. The minimum atomic E-state index is 0.387. The molecular weight excluding hydrogens is 200 g/mol. The molecule has 1 N–H and O–H groups in total. The summed E-state index contributed by atoms with van der Waals surface area (Å²) in [7, 11) is 0. The van der Waals surface area contributed by atoms with E-state index in [1.807, 2.05) is 0 Å². The zero-order valence-corrected chi connectivity index (χ0v) is 10.4. The Hall–Kier alpha value is -0.570. The number of hydrogen-bond acceptors (Lipinski definition) is 2. The van der Waals surface area contributed by atoms with Gasteiger partial charge in [-0.25, -0.2) is 0 Å². The van der Waals surface area contributed by atoms with Gasteiger partial charge in [0.2, 0.25) is 5.91 Å². The van der Waals surface area contributed by atoms with Crippen LogP contribution in [0.5, 0.6) is 0 Å². The van der Waals surface area contributed by atoms with Crippen LogP contribution in [0, 0.1) is 0 Å². The van der Waals surface area contributed by atoms with E-state index >= 15 is 0 Å². The molecule has 2 aliphatic rings. The van der Waals surface area contributed by atoms with Crippen molar-refractivity contribution < 1.29 is 4.79 Å². The van der Waals surface area contributed by atoms with Gasteiger partial charge in [0.1, 0.15) is 0 Å². The number of nitrogens with one attached hydrogen (secondary N) is 1. The average molecular weight is 224 g/mol. The van der Waals surface area contributed by atoms with E-state index in [9.17, 15) is 4.79 Å². The highest BCUT2D eigenvalue weighted by atomic mass is 16.2. The van der Waals surface area contributed by atoms with Crippen LogP contribution in [-0.2, 0) is 4.79 Å². The predicted octanol–water partition coefficient (Wildman–Crippen LogP) is 1.92. The van der Waals surface area contributed by atoms with Gasteiger partial charge in [0, 0.05) is 25.0 Å². The monoisotopic (exact) mass is 224 g/mol. The number of unbranched alkanes of at least 4 members (excludes halogenated alkanes) is 1. The first-order valence-electron chi connectivity index (χ1n) is 6.85. The fourth-order valence-corrected chi connectivity index (χ4v) is 3.03. The molecule has 0 aromatic rings. The number of hydrogen-bond donors (Lipinski definition) is 1. The summed E-state index contributed by atoms with van der Waals surface area (Å²) in [6.07, 6.45) is 7.84. The third-order valence-electron chi connectivity index (χ3n) is 3.93. The van der Waals surface area contributed by atoms with Crippen LogP contribution in [0.1, 0.15) is 51.9 Å². The summed E-state index contributed by atoms with van der Waals surface area (Å²) in [5.74, 6) is 0.387. The van der Waals surface area contributed by atoms with Gasteiger partial charge in [-0.05, 0) is 38.6 Å². The van der Waals surface area contributed by atoms with Crippen LogP contribution in [0.2, 0.25) is 0 Å². The number of carbonyl (C=O) groups excluding carboxylic acids is 1. The van der Waals surface area contributed by atoms with Crippen molar-refractivity contribution in [2.24, 2.45) is 0 Å². The first-order chi connectivity index (χ1) is 7.83. The highest BCUT2D eigenvalue weighted by molar-refractivity contribution is 5.76. The molecule has 1 amide bonds. The van der Waals surface area contributed by atoms with Gasteiger partial charge in [-0.3, -0.25) is 4.79 Å². The van der Waals surface area contributed by atoms with Crippen molar-refractivity contribution in [2.75, 3.05) is 13.1 Å². The first kappa shape index (κ1) is 11.9. The molecule has 0 aliphatic carbocycles. The maximum Gasteiger partial charge on any atom is 0.222 e. The lowest BCUT2D eigenvalue weighted by Gasteiger charge is -2.29. The molecule has 0 spiro atoms. The van der Waals surface area contributed by atoms with E-state index in [1.165, 1.54) is 25.7 Å². The smallest absolute Gasteiger partial charge is 0.222 e. The minimum absolute atomic E-state index is 0.387. The average Bonchev–Trinajstić information content (AvgIpc) is 2.94. The molecule has 0 radical (unpaired) electrons. The molecule has 2 atom stereocenters. The molecule has 2 unspecified atom stereocenters. The molecule has 0 aromatic heterocycles. The van der Waals surface area contributed by atoms with Crippen LogP contribution in [0.3, 0.4) is 0 Å². The maximum atomic E-state index is 12.1. The molecule has 2 saturated heterocycles. The molecule has 3 heteroatoms. The van der Waals surface area contributed by atoms with Crippen LogP contribution in [0.25, 0.3) is 0 Å². The highest BCUT2D eigenvalue weighted by Crippen LogP contribution is 2.25. The SMILES string of the molecule is CCCCC(=O)N1CCCC1C1CCCN1. The third kappa shape index (κ3) is 2.57. The van der Waals surface area contributed by atoms with Crippen LogP contribution in [0.15, 0.2) is 0 Å². The molecule has 2 heterocycles. The standard InChI is InChI=1S/C13H24N2O/c1-2-3-8-13(16)15-10-5-7-12(15)11-6-4-9-14-11/h11-12,14H,2-10H2,1H3. The normalized spacial score (nSPS) is 29.9. The first-order valence-corrected chi connectivity index (χ1v) is 6.85. The van der Waals surface area contributed by atoms with Crippen molar-refractivity contribution in [3.8, 4) is 0 Å². The summed E-state index contributed by atoms with van der Waals surface area (Å²) < 4.78 is 0. The summed E-state index contributed by atoms with van der Waals surface area (Å²) in [6, 6.07) is 1.07. The molecule has 2 rings (SSSR count). The van der Waals surface area contributed by atoms with Crippen LogP contribution in [0.4, 0.5) is 0 Å². The zero-order chi connectivity index (χ0) is 11.4. The van der Waals surface area contributed by atoms with E-state index in [0.717, 1.165) is 32.4 Å². The van der Waals surface area contributed by atoms with E-state index in [-0.39, 0.29) is 0 Å².